The lowest BCUT2D eigenvalue weighted by atomic mass is 10.2. The van der Waals surface area contributed by atoms with Crippen LogP contribution in [-0.2, 0) is 6.54 Å². The third kappa shape index (κ3) is 3.98. The van der Waals surface area contributed by atoms with Gasteiger partial charge in [-0.1, -0.05) is 37.3 Å². The largest absolute Gasteiger partial charge is 0.370 e. The van der Waals surface area contributed by atoms with Crippen molar-refractivity contribution < 1.29 is 0 Å². The predicted molar refractivity (Wildman–Crippen MR) is 86.2 cm³/mol. The molecule has 1 N–H and O–H groups in total. The van der Waals surface area contributed by atoms with Crippen LogP contribution in [0.15, 0.2) is 48.7 Å². The van der Waals surface area contributed by atoms with E-state index in [9.17, 15) is 0 Å². The Balaban J connectivity index is 2.10. The van der Waals surface area contributed by atoms with Gasteiger partial charge < -0.3 is 10.2 Å². The molecule has 0 saturated carbocycles. The monoisotopic (exact) mass is 269 g/mol. The van der Waals surface area contributed by atoms with Crippen LogP contribution in [0.5, 0.6) is 0 Å². The van der Waals surface area contributed by atoms with Gasteiger partial charge in [-0.3, -0.25) is 0 Å². The lowest BCUT2D eigenvalue weighted by molar-refractivity contribution is 0.830. The Bertz CT molecular complexity index is 511. The first-order chi connectivity index (χ1) is 9.83. The second-order valence-corrected chi connectivity index (χ2v) is 4.83. The van der Waals surface area contributed by atoms with Crippen LogP contribution >= 0.6 is 0 Å². The molecule has 0 aliphatic carbocycles. The Morgan fingerprint density at radius 1 is 1.10 bits per heavy atom. The van der Waals surface area contributed by atoms with E-state index in [2.05, 4.69) is 71.5 Å². The third-order valence-corrected chi connectivity index (χ3v) is 3.26. The molecule has 0 amide bonds. The molecule has 3 nitrogen and oxygen atoms in total. The SMILES string of the molecule is CCCNc1cc(N(CC)Cc2ccccc2)ccn1. The van der Waals surface area contributed by atoms with Crippen molar-refractivity contribution in [2.24, 2.45) is 0 Å². The number of pyridine rings is 1. The number of rotatable bonds is 7. The topological polar surface area (TPSA) is 28.2 Å². The molecule has 3 heteroatoms. The summed E-state index contributed by atoms with van der Waals surface area (Å²) in [6.07, 6.45) is 2.98. The fraction of sp³-hybridized carbons (Fsp3) is 0.353. The van der Waals surface area contributed by atoms with Gasteiger partial charge in [-0.25, -0.2) is 4.98 Å². The maximum atomic E-state index is 4.36. The van der Waals surface area contributed by atoms with Gasteiger partial charge in [0.15, 0.2) is 0 Å². The number of benzene rings is 1. The van der Waals surface area contributed by atoms with E-state index in [1.165, 1.54) is 11.3 Å². The number of nitrogens with one attached hydrogen (secondary N) is 1. The molecule has 0 aliphatic rings. The number of nitrogens with zero attached hydrogens (tertiary/aromatic N) is 2. The van der Waals surface area contributed by atoms with Gasteiger partial charge in [0, 0.05) is 37.6 Å². The molecular weight excluding hydrogens is 246 g/mol. The summed E-state index contributed by atoms with van der Waals surface area (Å²) in [6, 6.07) is 14.8. The molecule has 0 spiro atoms. The summed E-state index contributed by atoms with van der Waals surface area (Å²) in [5.74, 6) is 0.955. The summed E-state index contributed by atoms with van der Waals surface area (Å²) in [6.45, 7) is 7.20. The molecule has 0 fully saturated rings. The molecule has 2 rings (SSSR count). The van der Waals surface area contributed by atoms with Gasteiger partial charge in [-0.05, 0) is 25.0 Å². The molecule has 0 bridgehead atoms. The third-order valence-electron chi connectivity index (χ3n) is 3.26. The zero-order valence-electron chi connectivity index (χ0n) is 12.3. The van der Waals surface area contributed by atoms with E-state index in [0.29, 0.717) is 0 Å². The van der Waals surface area contributed by atoms with Crippen LogP contribution < -0.4 is 10.2 Å². The van der Waals surface area contributed by atoms with Crippen molar-refractivity contribution in [3.63, 3.8) is 0 Å². The van der Waals surface area contributed by atoms with Gasteiger partial charge in [-0.2, -0.15) is 0 Å². The first kappa shape index (κ1) is 14.4. The summed E-state index contributed by atoms with van der Waals surface area (Å²) in [4.78, 5) is 6.72. The van der Waals surface area contributed by atoms with E-state index in [4.69, 9.17) is 0 Å². The smallest absolute Gasteiger partial charge is 0.127 e. The van der Waals surface area contributed by atoms with E-state index >= 15 is 0 Å². The molecule has 0 atom stereocenters. The van der Waals surface area contributed by atoms with Gasteiger partial charge in [0.25, 0.3) is 0 Å². The minimum absolute atomic E-state index is 0.925. The summed E-state index contributed by atoms with van der Waals surface area (Å²) < 4.78 is 0. The highest BCUT2D eigenvalue weighted by molar-refractivity contribution is 5.54. The maximum Gasteiger partial charge on any atom is 0.127 e. The fourth-order valence-electron chi connectivity index (χ4n) is 2.16. The maximum absolute atomic E-state index is 4.36. The highest BCUT2D eigenvalue weighted by Crippen LogP contribution is 2.19. The Morgan fingerprint density at radius 2 is 1.90 bits per heavy atom. The van der Waals surface area contributed by atoms with Crippen LogP contribution in [0.4, 0.5) is 11.5 Å². The van der Waals surface area contributed by atoms with E-state index in [-0.39, 0.29) is 0 Å². The second kappa shape index (κ2) is 7.53. The summed E-state index contributed by atoms with van der Waals surface area (Å²) >= 11 is 0. The molecule has 0 saturated heterocycles. The zero-order chi connectivity index (χ0) is 14.2. The van der Waals surface area contributed by atoms with Crippen molar-refractivity contribution in [2.45, 2.75) is 26.8 Å². The van der Waals surface area contributed by atoms with Crippen molar-refractivity contribution in [2.75, 3.05) is 23.3 Å². The molecule has 106 valence electrons. The van der Waals surface area contributed by atoms with Crippen molar-refractivity contribution in [1.82, 2.24) is 4.98 Å². The van der Waals surface area contributed by atoms with Crippen molar-refractivity contribution in [3.05, 3.63) is 54.2 Å². The second-order valence-electron chi connectivity index (χ2n) is 4.83. The van der Waals surface area contributed by atoms with Crippen LogP contribution in [0.1, 0.15) is 25.8 Å². The highest BCUT2D eigenvalue weighted by atomic mass is 15.1. The summed E-state index contributed by atoms with van der Waals surface area (Å²) in [5.41, 5.74) is 2.54. The van der Waals surface area contributed by atoms with E-state index in [1.54, 1.807) is 0 Å². The molecule has 0 radical (unpaired) electrons. The molecule has 1 heterocycles. The Hall–Kier alpha value is -2.03. The number of aromatic nitrogens is 1. The fourth-order valence-corrected chi connectivity index (χ4v) is 2.16. The molecular formula is C17H23N3. The number of hydrogen-bond acceptors (Lipinski definition) is 3. The standard InChI is InChI=1S/C17H23N3/c1-3-11-18-17-13-16(10-12-19-17)20(4-2)14-15-8-6-5-7-9-15/h5-10,12-13H,3-4,11,14H2,1-2H3,(H,18,19). The van der Waals surface area contributed by atoms with Gasteiger partial charge >= 0.3 is 0 Å². The van der Waals surface area contributed by atoms with Crippen molar-refractivity contribution in [1.29, 1.82) is 0 Å². The first-order valence-electron chi connectivity index (χ1n) is 7.32. The van der Waals surface area contributed by atoms with Crippen molar-refractivity contribution in [3.8, 4) is 0 Å². The normalized spacial score (nSPS) is 10.3. The van der Waals surface area contributed by atoms with Gasteiger partial charge in [-0.15, -0.1) is 0 Å². The van der Waals surface area contributed by atoms with Crippen LogP contribution in [0.25, 0.3) is 0 Å². The summed E-state index contributed by atoms with van der Waals surface area (Å²) in [5, 5.41) is 3.34. The van der Waals surface area contributed by atoms with Crippen LogP contribution in [0.3, 0.4) is 0 Å². The quantitative estimate of drug-likeness (QED) is 0.825. The molecule has 1 aromatic heterocycles. The van der Waals surface area contributed by atoms with Gasteiger partial charge in [0.1, 0.15) is 5.82 Å². The average molecular weight is 269 g/mol. The minimum Gasteiger partial charge on any atom is -0.370 e. The molecule has 0 aliphatic heterocycles. The van der Waals surface area contributed by atoms with E-state index in [0.717, 1.165) is 31.9 Å². The molecule has 1 aromatic carbocycles. The van der Waals surface area contributed by atoms with Gasteiger partial charge in [0.05, 0.1) is 0 Å². The Kier molecular flexibility index (Phi) is 5.42. The average Bonchev–Trinajstić information content (AvgIpc) is 2.52. The predicted octanol–water partition coefficient (Wildman–Crippen LogP) is 3.93. The lowest BCUT2D eigenvalue weighted by Crippen LogP contribution is -2.22. The minimum atomic E-state index is 0.925. The van der Waals surface area contributed by atoms with Crippen LogP contribution in [0.2, 0.25) is 0 Å². The lowest BCUT2D eigenvalue weighted by Gasteiger charge is -2.23. The molecule has 0 unspecified atom stereocenters. The van der Waals surface area contributed by atoms with E-state index < -0.39 is 0 Å². The Labute approximate surface area is 121 Å². The first-order valence-corrected chi connectivity index (χ1v) is 7.32. The van der Waals surface area contributed by atoms with E-state index in [1.807, 2.05) is 6.20 Å². The van der Waals surface area contributed by atoms with Crippen LogP contribution in [-0.4, -0.2) is 18.1 Å². The molecule has 20 heavy (non-hydrogen) atoms. The molecule has 2 aromatic rings. The summed E-state index contributed by atoms with van der Waals surface area (Å²) in [7, 11) is 0. The number of hydrogen-bond donors (Lipinski definition) is 1. The van der Waals surface area contributed by atoms with Crippen molar-refractivity contribution >= 4 is 11.5 Å². The zero-order valence-corrected chi connectivity index (χ0v) is 12.3. The van der Waals surface area contributed by atoms with Gasteiger partial charge in [0.2, 0.25) is 0 Å². The Morgan fingerprint density at radius 3 is 2.60 bits per heavy atom. The number of anilines is 2. The van der Waals surface area contributed by atoms with Crippen LogP contribution in [0, 0.1) is 0 Å². The highest BCUT2D eigenvalue weighted by Gasteiger charge is 2.06.